The van der Waals surface area contributed by atoms with Gasteiger partial charge in [-0.05, 0) is 16.3 Å². The molecule has 120 valence electrons. The summed E-state index contributed by atoms with van der Waals surface area (Å²) in [5.74, 6) is 1.12. The normalized spacial score (nSPS) is 11.0. The van der Waals surface area contributed by atoms with Gasteiger partial charge >= 0.3 is 0 Å². The van der Waals surface area contributed by atoms with Crippen LogP contribution >= 0.6 is 11.8 Å². The van der Waals surface area contributed by atoms with Crippen molar-refractivity contribution < 1.29 is 4.79 Å². The van der Waals surface area contributed by atoms with Gasteiger partial charge in [0.15, 0.2) is 0 Å². The second kappa shape index (κ2) is 8.31. The van der Waals surface area contributed by atoms with Crippen molar-refractivity contribution in [3.05, 3.63) is 83.9 Å². The number of hydrogen-bond acceptors (Lipinski definition) is 3. The van der Waals surface area contributed by atoms with Crippen LogP contribution in [-0.4, -0.2) is 17.9 Å². The van der Waals surface area contributed by atoms with Gasteiger partial charge in [-0.1, -0.05) is 72.8 Å². The Bertz CT molecular complexity index is 841. The summed E-state index contributed by atoms with van der Waals surface area (Å²) in [6, 6.07) is 24.3. The number of nitrogens with one attached hydrogen (secondary N) is 1. The molecule has 0 heterocycles. The molecule has 24 heavy (non-hydrogen) atoms. The predicted molar refractivity (Wildman–Crippen MR) is 102 cm³/mol. The first-order chi connectivity index (χ1) is 11.8. The smallest absolute Gasteiger partial charge is 0.250 e. The number of thioether (sulfide) groups is 1. The molecule has 4 heteroatoms. The molecule has 3 rings (SSSR count). The fourth-order valence-electron chi connectivity index (χ4n) is 2.40. The Labute approximate surface area is 145 Å². The van der Waals surface area contributed by atoms with Crippen molar-refractivity contribution >= 4 is 34.7 Å². The standard InChI is InChI=1S/C20H18N2OS/c23-20(15-24-14-16-7-2-1-3-8-16)22-21-13-18-11-6-10-17-9-4-5-12-19(17)18/h1-13H,14-15H2,(H,22,23). The molecule has 0 aliphatic rings. The van der Waals surface area contributed by atoms with E-state index in [0.29, 0.717) is 5.75 Å². The van der Waals surface area contributed by atoms with Gasteiger partial charge < -0.3 is 0 Å². The van der Waals surface area contributed by atoms with Crippen molar-refractivity contribution in [3.63, 3.8) is 0 Å². The maximum Gasteiger partial charge on any atom is 0.250 e. The Kier molecular flexibility index (Phi) is 5.64. The molecule has 0 aromatic heterocycles. The van der Waals surface area contributed by atoms with Crippen molar-refractivity contribution in [2.75, 3.05) is 5.75 Å². The van der Waals surface area contributed by atoms with Crippen LogP contribution in [-0.2, 0) is 10.5 Å². The molecule has 0 aliphatic carbocycles. The van der Waals surface area contributed by atoms with E-state index < -0.39 is 0 Å². The van der Waals surface area contributed by atoms with Gasteiger partial charge in [0.05, 0.1) is 12.0 Å². The fraction of sp³-hybridized carbons (Fsp3) is 0.100. The highest BCUT2D eigenvalue weighted by molar-refractivity contribution is 7.99. The first kappa shape index (κ1) is 16.3. The van der Waals surface area contributed by atoms with Crippen LogP contribution in [0.1, 0.15) is 11.1 Å². The van der Waals surface area contributed by atoms with Crippen LogP contribution in [0.5, 0.6) is 0 Å². The van der Waals surface area contributed by atoms with Crippen molar-refractivity contribution in [1.82, 2.24) is 5.43 Å². The summed E-state index contributed by atoms with van der Waals surface area (Å²) in [5.41, 5.74) is 4.80. The van der Waals surface area contributed by atoms with Gasteiger partial charge in [0.2, 0.25) is 5.91 Å². The number of carbonyl (C=O) groups is 1. The topological polar surface area (TPSA) is 41.5 Å². The summed E-state index contributed by atoms with van der Waals surface area (Å²) in [5, 5.41) is 6.36. The van der Waals surface area contributed by atoms with Gasteiger partial charge in [-0.25, -0.2) is 5.43 Å². The third kappa shape index (κ3) is 4.46. The SMILES string of the molecule is O=C(CSCc1ccccc1)NN=Cc1cccc2ccccc12. The quantitative estimate of drug-likeness (QED) is 0.541. The molecule has 0 radical (unpaired) electrons. The van der Waals surface area contributed by atoms with E-state index in [2.05, 4.69) is 34.8 Å². The first-order valence-electron chi connectivity index (χ1n) is 7.74. The maximum absolute atomic E-state index is 11.8. The number of benzene rings is 3. The van der Waals surface area contributed by atoms with Gasteiger partial charge in [-0.15, -0.1) is 11.8 Å². The largest absolute Gasteiger partial charge is 0.272 e. The zero-order valence-corrected chi connectivity index (χ0v) is 14.0. The van der Waals surface area contributed by atoms with Crippen LogP contribution in [0.4, 0.5) is 0 Å². The molecule has 0 saturated carbocycles. The molecule has 1 N–H and O–H groups in total. The highest BCUT2D eigenvalue weighted by atomic mass is 32.2. The molecule has 0 fully saturated rings. The van der Waals surface area contributed by atoms with Crippen molar-refractivity contribution in [1.29, 1.82) is 0 Å². The monoisotopic (exact) mass is 334 g/mol. The zero-order valence-electron chi connectivity index (χ0n) is 13.2. The molecular weight excluding hydrogens is 316 g/mol. The lowest BCUT2D eigenvalue weighted by Gasteiger charge is -2.02. The lowest BCUT2D eigenvalue weighted by molar-refractivity contribution is -0.118. The molecule has 0 spiro atoms. The van der Waals surface area contributed by atoms with Crippen molar-refractivity contribution in [2.24, 2.45) is 5.10 Å². The minimum Gasteiger partial charge on any atom is -0.272 e. The molecular formula is C20H18N2OS. The maximum atomic E-state index is 11.8. The fourth-order valence-corrected chi connectivity index (χ4v) is 3.19. The summed E-state index contributed by atoms with van der Waals surface area (Å²) >= 11 is 1.58. The minimum atomic E-state index is -0.0904. The summed E-state index contributed by atoms with van der Waals surface area (Å²) < 4.78 is 0. The summed E-state index contributed by atoms with van der Waals surface area (Å²) in [6.45, 7) is 0. The molecule has 0 atom stereocenters. The van der Waals surface area contributed by atoms with Gasteiger partial charge in [0.25, 0.3) is 0 Å². The molecule has 3 aromatic carbocycles. The van der Waals surface area contributed by atoms with E-state index in [0.717, 1.165) is 22.1 Å². The molecule has 0 aliphatic heterocycles. The van der Waals surface area contributed by atoms with E-state index in [9.17, 15) is 4.79 Å². The zero-order chi connectivity index (χ0) is 16.6. The summed E-state index contributed by atoms with van der Waals surface area (Å²) in [6.07, 6.45) is 1.70. The Morgan fingerprint density at radius 1 is 0.958 bits per heavy atom. The molecule has 3 aromatic rings. The lowest BCUT2D eigenvalue weighted by atomic mass is 10.1. The van der Waals surface area contributed by atoms with Gasteiger partial charge in [-0.3, -0.25) is 4.79 Å². The van der Waals surface area contributed by atoms with Crippen LogP contribution in [0, 0.1) is 0 Å². The average Bonchev–Trinajstić information content (AvgIpc) is 2.63. The van der Waals surface area contributed by atoms with E-state index >= 15 is 0 Å². The second-order valence-electron chi connectivity index (χ2n) is 5.34. The molecule has 0 unspecified atom stereocenters. The number of hydrogen-bond donors (Lipinski definition) is 1. The number of amides is 1. The van der Waals surface area contributed by atoms with Gasteiger partial charge in [-0.2, -0.15) is 5.10 Å². The van der Waals surface area contributed by atoms with Crippen LogP contribution in [0.2, 0.25) is 0 Å². The first-order valence-corrected chi connectivity index (χ1v) is 8.90. The average molecular weight is 334 g/mol. The van der Waals surface area contributed by atoms with Crippen molar-refractivity contribution in [2.45, 2.75) is 5.75 Å². The van der Waals surface area contributed by atoms with Crippen LogP contribution in [0.15, 0.2) is 77.9 Å². The number of carbonyl (C=O) groups excluding carboxylic acids is 1. The number of nitrogens with zero attached hydrogens (tertiary/aromatic N) is 1. The Morgan fingerprint density at radius 2 is 1.71 bits per heavy atom. The molecule has 0 bridgehead atoms. The molecule has 1 amide bonds. The van der Waals surface area contributed by atoms with Crippen LogP contribution in [0.3, 0.4) is 0 Å². The van der Waals surface area contributed by atoms with E-state index in [1.807, 2.05) is 48.5 Å². The van der Waals surface area contributed by atoms with Gasteiger partial charge in [0, 0.05) is 11.3 Å². The van der Waals surface area contributed by atoms with E-state index in [1.54, 1.807) is 18.0 Å². The van der Waals surface area contributed by atoms with E-state index in [4.69, 9.17) is 0 Å². The molecule has 3 nitrogen and oxygen atoms in total. The predicted octanol–water partition coefficient (Wildman–Crippen LogP) is 4.22. The Balaban J connectivity index is 1.51. The molecule has 0 saturated heterocycles. The number of hydrazone groups is 1. The number of rotatable bonds is 6. The summed E-state index contributed by atoms with van der Waals surface area (Å²) in [7, 11) is 0. The van der Waals surface area contributed by atoms with Gasteiger partial charge in [0.1, 0.15) is 0 Å². The Hall–Kier alpha value is -2.59. The van der Waals surface area contributed by atoms with Crippen molar-refractivity contribution in [3.8, 4) is 0 Å². The lowest BCUT2D eigenvalue weighted by Crippen LogP contribution is -2.19. The minimum absolute atomic E-state index is 0.0904. The third-order valence-corrected chi connectivity index (χ3v) is 4.56. The summed E-state index contributed by atoms with van der Waals surface area (Å²) in [4.78, 5) is 11.8. The highest BCUT2D eigenvalue weighted by Gasteiger charge is 2.01. The Morgan fingerprint density at radius 3 is 2.58 bits per heavy atom. The highest BCUT2D eigenvalue weighted by Crippen LogP contribution is 2.16. The van der Waals surface area contributed by atoms with Crippen LogP contribution in [0.25, 0.3) is 10.8 Å². The number of fused-ring (bicyclic) bond motifs is 1. The van der Waals surface area contributed by atoms with E-state index in [-0.39, 0.29) is 5.91 Å². The van der Waals surface area contributed by atoms with E-state index in [1.165, 1.54) is 5.56 Å². The third-order valence-electron chi connectivity index (χ3n) is 3.56. The van der Waals surface area contributed by atoms with Crippen LogP contribution < -0.4 is 5.43 Å². The second-order valence-corrected chi connectivity index (χ2v) is 6.33.